The first-order chi connectivity index (χ1) is 15.5. The first kappa shape index (κ1) is 22.8. The average molecular weight is 503 g/mol. The number of para-hydroxylation sites is 1. The molecule has 10 heteroatoms. The summed E-state index contributed by atoms with van der Waals surface area (Å²) in [6, 6.07) is 21.7. The Morgan fingerprint density at radius 2 is 1.56 bits per heavy atom. The van der Waals surface area contributed by atoms with Crippen molar-refractivity contribution in [3.05, 3.63) is 81.3 Å². The Morgan fingerprint density at radius 1 is 0.875 bits per heavy atom. The second-order valence-electron chi connectivity index (χ2n) is 6.75. The van der Waals surface area contributed by atoms with E-state index in [1.165, 1.54) is 7.11 Å². The number of benzene rings is 3. The quantitative estimate of drug-likeness (QED) is 0.118. The summed E-state index contributed by atoms with van der Waals surface area (Å²) in [5.41, 5.74) is 5.09. The number of nitrogens with zero attached hydrogens (tertiary/aromatic N) is 2. The monoisotopic (exact) mass is 502 g/mol. The molecule has 5 aromatic rings. The zero-order chi connectivity index (χ0) is 22.7. The van der Waals surface area contributed by atoms with E-state index in [0.29, 0.717) is 9.54 Å². The lowest BCUT2D eigenvalue weighted by Gasteiger charge is -2.04. The molecule has 0 bridgehead atoms. The summed E-state index contributed by atoms with van der Waals surface area (Å²) in [5, 5.41) is 0.722. The molecule has 0 fully saturated rings. The molecule has 2 aromatic heterocycles. The number of hydrogen-bond acceptors (Lipinski definition) is 5. The first-order valence-electron chi connectivity index (χ1n) is 9.49. The van der Waals surface area contributed by atoms with Crippen LogP contribution in [0.3, 0.4) is 0 Å². The van der Waals surface area contributed by atoms with Gasteiger partial charge in [-0.15, -0.1) is 0 Å². The molecule has 0 spiro atoms. The van der Waals surface area contributed by atoms with Crippen LogP contribution in [0.5, 0.6) is 0 Å². The lowest BCUT2D eigenvalue weighted by Crippen LogP contribution is -1.92. The van der Waals surface area contributed by atoms with Crippen LogP contribution in [0.25, 0.3) is 27.8 Å². The van der Waals surface area contributed by atoms with Gasteiger partial charge in [-0.3, -0.25) is 4.57 Å². The van der Waals surface area contributed by atoms with Gasteiger partial charge < -0.3 is 14.5 Å². The van der Waals surface area contributed by atoms with Crippen molar-refractivity contribution < 1.29 is 9.22 Å². The summed E-state index contributed by atoms with van der Waals surface area (Å²) in [6.07, 6.45) is 0. The maximum Gasteiger partial charge on any atom is 0.182 e. The number of hydrogen-bond donors (Lipinski definition) is 2. The number of nitrogens with one attached hydrogen (secondary N) is 2. The van der Waals surface area contributed by atoms with Gasteiger partial charge in [0, 0.05) is 22.7 Å². The predicted molar refractivity (Wildman–Crippen MR) is 136 cm³/mol. The molecule has 0 saturated heterocycles. The molecule has 2 N–H and O–H groups in total. The van der Waals surface area contributed by atoms with Crippen molar-refractivity contribution in [2.24, 2.45) is 7.05 Å². The molecule has 0 radical (unpaired) electrons. The van der Waals surface area contributed by atoms with Gasteiger partial charge in [0.15, 0.2) is 9.54 Å². The summed E-state index contributed by atoms with van der Waals surface area (Å²) < 4.78 is 10.2. The smallest absolute Gasteiger partial charge is 0.182 e. The van der Waals surface area contributed by atoms with Gasteiger partial charge in [-0.2, -0.15) is 4.33 Å². The molecule has 0 aliphatic carbocycles. The van der Waals surface area contributed by atoms with Crippen LogP contribution >= 0.6 is 48.1 Å². The van der Waals surface area contributed by atoms with E-state index in [-0.39, 0.29) is 0 Å². The van der Waals surface area contributed by atoms with E-state index in [4.69, 9.17) is 40.4 Å². The van der Waals surface area contributed by atoms with Gasteiger partial charge in [0.25, 0.3) is 0 Å². The molecule has 6 nitrogen and oxygen atoms in total. The van der Waals surface area contributed by atoms with Gasteiger partial charge in [0.1, 0.15) is 0 Å². The molecule has 3 aromatic carbocycles. The van der Waals surface area contributed by atoms with Gasteiger partial charge in [-0.25, -0.2) is 4.89 Å². The van der Waals surface area contributed by atoms with Gasteiger partial charge in [0.05, 0.1) is 41.2 Å². The van der Waals surface area contributed by atoms with Crippen molar-refractivity contribution in [2.75, 3.05) is 7.11 Å². The lowest BCUT2D eigenvalue weighted by atomic mass is 10.3. The van der Waals surface area contributed by atoms with Crippen molar-refractivity contribution in [3.8, 4) is 5.69 Å². The van der Waals surface area contributed by atoms with Crippen LogP contribution in [0.4, 0.5) is 0 Å². The zero-order valence-electron chi connectivity index (χ0n) is 17.2. The predicted octanol–water partition coefficient (Wildman–Crippen LogP) is 7.16. The number of fused-ring (bicyclic) bond motifs is 2. The molecular formula is C22H19ClN4O2S3. The van der Waals surface area contributed by atoms with E-state index < -0.39 is 0 Å². The van der Waals surface area contributed by atoms with Gasteiger partial charge >= 0.3 is 0 Å². The average Bonchev–Trinajstić information content (AvgIpc) is 3.27. The molecule has 2 heterocycles. The highest BCUT2D eigenvalue weighted by atomic mass is 35.5. The SMILES string of the molecule is COOSc1ccc2c(c1)[nH]c(=S)n2-c1ccccc1.Cn1c(=S)[nH]c2cc(Cl)ccc21. The van der Waals surface area contributed by atoms with Crippen LogP contribution in [-0.4, -0.2) is 26.2 Å². The molecular weight excluding hydrogens is 484 g/mol. The molecule has 0 unspecified atom stereocenters. The maximum atomic E-state index is 5.82. The van der Waals surface area contributed by atoms with E-state index in [2.05, 4.69) is 14.9 Å². The van der Waals surface area contributed by atoms with Crippen molar-refractivity contribution in [3.63, 3.8) is 0 Å². The zero-order valence-corrected chi connectivity index (χ0v) is 20.4. The van der Waals surface area contributed by atoms with Crippen LogP contribution in [0.2, 0.25) is 5.02 Å². The highest BCUT2D eigenvalue weighted by molar-refractivity contribution is 7.94. The molecule has 0 saturated carbocycles. The van der Waals surface area contributed by atoms with E-state index in [1.807, 2.05) is 82.9 Å². The highest BCUT2D eigenvalue weighted by Crippen LogP contribution is 2.26. The molecule has 164 valence electrons. The van der Waals surface area contributed by atoms with Crippen LogP contribution in [0.1, 0.15) is 0 Å². The standard InChI is InChI=1S/C14H12N2O2S2.C8H7ClN2S/c1-17-18-20-11-7-8-13-12(9-11)15-14(19)16(13)10-5-3-2-4-6-10;1-11-7-3-2-5(9)4-6(7)10-8(11)12/h2-9H,1H3,(H,15,19);2-4H,1H3,(H,10,12). The maximum absolute atomic E-state index is 5.82. The Morgan fingerprint density at radius 3 is 2.31 bits per heavy atom. The number of halogens is 1. The summed E-state index contributed by atoms with van der Waals surface area (Å²) in [4.78, 5) is 11.8. The second kappa shape index (κ2) is 10.0. The minimum atomic E-state index is 0.668. The Bertz CT molecular complexity index is 1490. The minimum Gasteiger partial charge on any atom is -0.331 e. The number of H-pyrrole nitrogens is 2. The fraction of sp³-hybridized carbons (Fsp3) is 0.0909. The van der Waals surface area contributed by atoms with Gasteiger partial charge in [-0.05, 0) is 73.0 Å². The Labute approximate surface area is 203 Å². The molecule has 5 rings (SSSR count). The van der Waals surface area contributed by atoms with Crippen molar-refractivity contribution in [1.82, 2.24) is 19.1 Å². The number of aromatic nitrogens is 4. The van der Waals surface area contributed by atoms with Gasteiger partial charge in [-0.1, -0.05) is 29.8 Å². The number of aromatic amines is 2. The van der Waals surface area contributed by atoms with E-state index in [1.54, 1.807) is 0 Å². The Kier molecular flexibility index (Phi) is 7.14. The summed E-state index contributed by atoms with van der Waals surface area (Å²) in [7, 11) is 3.40. The third-order valence-corrected chi connectivity index (χ3v) is 6.28. The highest BCUT2D eigenvalue weighted by Gasteiger charge is 2.07. The van der Waals surface area contributed by atoms with Gasteiger partial charge in [0.2, 0.25) is 0 Å². The topological polar surface area (TPSA) is 59.9 Å². The van der Waals surface area contributed by atoms with E-state index >= 15 is 0 Å². The number of imidazole rings is 2. The molecule has 0 atom stereocenters. The fourth-order valence-corrected chi connectivity index (χ4v) is 4.39. The normalized spacial score (nSPS) is 11.0. The molecule has 0 aliphatic rings. The van der Waals surface area contributed by atoms with Crippen LogP contribution in [-0.2, 0) is 16.3 Å². The number of aryl methyl sites for hydroxylation is 1. The third kappa shape index (κ3) is 4.83. The minimum absolute atomic E-state index is 0.668. The summed E-state index contributed by atoms with van der Waals surface area (Å²) in [5.74, 6) is 0. The number of rotatable bonds is 4. The first-order valence-corrected chi connectivity index (χ1v) is 11.4. The molecule has 0 aliphatic heterocycles. The largest absolute Gasteiger partial charge is 0.331 e. The van der Waals surface area contributed by atoms with Crippen LogP contribution in [0, 0.1) is 9.54 Å². The van der Waals surface area contributed by atoms with E-state index in [0.717, 1.165) is 49.7 Å². The summed E-state index contributed by atoms with van der Waals surface area (Å²) in [6.45, 7) is 0. The Hall–Kier alpha value is -2.40. The van der Waals surface area contributed by atoms with E-state index in [9.17, 15) is 0 Å². The van der Waals surface area contributed by atoms with Crippen molar-refractivity contribution in [2.45, 2.75) is 4.90 Å². The molecule has 32 heavy (non-hydrogen) atoms. The van der Waals surface area contributed by atoms with Crippen molar-refractivity contribution in [1.29, 1.82) is 0 Å². The molecule has 0 amide bonds. The van der Waals surface area contributed by atoms with Crippen LogP contribution in [0.15, 0.2) is 71.6 Å². The lowest BCUT2D eigenvalue weighted by molar-refractivity contribution is -0.160. The second-order valence-corrected chi connectivity index (χ2v) is 8.73. The third-order valence-electron chi connectivity index (χ3n) is 4.73. The Balaban J connectivity index is 0.000000174. The summed E-state index contributed by atoms with van der Waals surface area (Å²) >= 11 is 17.4. The van der Waals surface area contributed by atoms with Crippen molar-refractivity contribution >= 4 is 70.1 Å². The van der Waals surface area contributed by atoms with Crippen LogP contribution < -0.4 is 0 Å². The fourth-order valence-electron chi connectivity index (χ4n) is 3.26.